The zero-order valence-electron chi connectivity index (χ0n) is 19.3. The van der Waals surface area contributed by atoms with Gasteiger partial charge < -0.3 is 9.88 Å². The van der Waals surface area contributed by atoms with Gasteiger partial charge in [-0.15, -0.1) is 0 Å². The van der Waals surface area contributed by atoms with Crippen molar-refractivity contribution in [2.45, 2.75) is 25.3 Å². The summed E-state index contributed by atoms with van der Waals surface area (Å²) in [6.45, 7) is 3.45. The number of hydrogen-bond donors (Lipinski definition) is 1. The molecule has 3 aromatic carbocycles. The SMILES string of the molecule is Cc1c(Cl)cccc1N(CC(=O)NCc1ccccc1-n1ccnc1C)S(=O)(=O)c1ccccc1. The number of aromatic nitrogens is 2. The third-order valence-corrected chi connectivity index (χ3v) is 7.86. The normalized spacial score (nSPS) is 11.3. The highest BCUT2D eigenvalue weighted by atomic mass is 35.5. The van der Waals surface area contributed by atoms with E-state index in [1.54, 1.807) is 49.5 Å². The van der Waals surface area contributed by atoms with Crippen LogP contribution in [0.25, 0.3) is 5.69 Å². The van der Waals surface area contributed by atoms with Gasteiger partial charge in [-0.05, 0) is 55.3 Å². The van der Waals surface area contributed by atoms with Gasteiger partial charge in [0.2, 0.25) is 5.91 Å². The number of benzene rings is 3. The van der Waals surface area contributed by atoms with Crippen molar-refractivity contribution in [1.82, 2.24) is 14.9 Å². The Morgan fingerprint density at radius 3 is 2.43 bits per heavy atom. The van der Waals surface area contributed by atoms with E-state index in [2.05, 4.69) is 10.3 Å². The van der Waals surface area contributed by atoms with E-state index in [-0.39, 0.29) is 11.4 Å². The summed E-state index contributed by atoms with van der Waals surface area (Å²) in [6, 6.07) is 20.7. The highest BCUT2D eigenvalue weighted by Gasteiger charge is 2.28. The topological polar surface area (TPSA) is 84.3 Å². The van der Waals surface area contributed by atoms with Crippen LogP contribution in [0.5, 0.6) is 0 Å². The van der Waals surface area contributed by atoms with Crippen LogP contribution in [0.2, 0.25) is 5.02 Å². The number of carbonyl (C=O) groups is 1. The molecular formula is C26H25ClN4O3S. The van der Waals surface area contributed by atoms with Crippen molar-refractivity contribution < 1.29 is 13.2 Å². The van der Waals surface area contributed by atoms with Crippen molar-refractivity contribution in [3.63, 3.8) is 0 Å². The Bertz CT molecular complexity index is 1450. The molecule has 0 atom stereocenters. The summed E-state index contributed by atoms with van der Waals surface area (Å²) in [5.41, 5.74) is 2.69. The summed E-state index contributed by atoms with van der Waals surface area (Å²) in [6.07, 6.45) is 3.57. The maximum Gasteiger partial charge on any atom is 0.264 e. The van der Waals surface area contributed by atoms with E-state index in [4.69, 9.17) is 11.6 Å². The number of nitrogens with one attached hydrogen (secondary N) is 1. The zero-order valence-corrected chi connectivity index (χ0v) is 20.9. The van der Waals surface area contributed by atoms with Crippen LogP contribution in [0.3, 0.4) is 0 Å². The van der Waals surface area contributed by atoms with Crippen molar-refractivity contribution in [3.05, 3.63) is 107 Å². The van der Waals surface area contributed by atoms with Crippen LogP contribution in [0.1, 0.15) is 17.0 Å². The summed E-state index contributed by atoms with van der Waals surface area (Å²) >= 11 is 6.28. The fourth-order valence-electron chi connectivity index (χ4n) is 3.79. The Morgan fingerprint density at radius 1 is 1.00 bits per heavy atom. The first-order chi connectivity index (χ1) is 16.8. The highest BCUT2D eigenvalue weighted by molar-refractivity contribution is 7.92. The molecule has 1 aromatic heterocycles. The molecule has 1 amide bonds. The van der Waals surface area contributed by atoms with Crippen molar-refractivity contribution in [2.24, 2.45) is 0 Å². The summed E-state index contributed by atoms with van der Waals surface area (Å²) in [5, 5.41) is 3.28. The van der Waals surface area contributed by atoms with Gasteiger partial charge in [0.25, 0.3) is 10.0 Å². The number of rotatable bonds is 8. The largest absolute Gasteiger partial charge is 0.350 e. The lowest BCUT2D eigenvalue weighted by Crippen LogP contribution is -2.41. The summed E-state index contributed by atoms with van der Waals surface area (Å²) in [4.78, 5) is 17.4. The van der Waals surface area contributed by atoms with E-state index in [0.29, 0.717) is 16.3 Å². The first kappa shape index (κ1) is 24.5. The maximum atomic E-state index is 13.5. The number of carbonyl (C=O) groups excluding carboxylic acids is 1. The molecular weight excluding hydrogens is 484 g/mol. The second-order valence-corrected chi connectivity index (χ2v) is 10.2. The van der Waals surface area contributed by atoms with Crippen LogP contribution in [0.15, 0.2) is 90.1 Å². The lowest BCUT2D eigenvalue weighted by Gasteiger charge is -2.26. The lowest BCUT2D eigenvalue weighted by atomic mass is 10.1. The van der Waals surface area contributed by atoms with Gasteiger partial charge in [-0.25, -0.2) is 13.4 Å². The Hall–Kier alpha value is -3.62. The molecule has 35 heavy (non-hydrogen) atoms. The molecule has 7 nitrogen and oxygen atoms in total. The Kier molecular flexibility index (Phi) is 7.23. The van der Waals surface area contributed by atoms with Crippen LogP contribution >= 0.6 is 11.6 Å². The van der Waals surface area contributed by atoms with Crippen LogP contribution in [-0.4, -0.2) is 30.4 Å². The third kappa shape index (κ3) is 5.23. The number of para-hydroxylation sites is 1. The lowest BCUT2D eigenvalue weighted by molar-refractivity contribution is -0.119. The number of aryl methyl sites for hydroxylation is 1. The number of nitrogens with zero attached hydrogens (tertiary/aromatic N) is 3. The average Bonchev–Trinajstić information content (AvgIpc) is 3.29. The number of anilines is 1. The van der Waals surface area contributed by atoms with E-state index in [1.807, 2.05) is 42.0 Å². The molecule has 180 valence electrons. The van der Waals surface area contributed by atoms with E-state index < -0.39 is 22.5 Å². The van der Waals surface area contributed by atoms with Gasteiger partial charge in [-0.2, -0.15) is 0 Å². The van der Waals surface area contributed by atoms with Crippen molar-refractivity contribution in [1.29, 1.82) is 0 Å². The Morgan fingerprint density at radius 2 is 1.71 bits per heavy atom. The fourth-order valence-corrected chi connectivity index (χ4v) is 5.46. The van der Waals surface area contributed by atoms with E-state index >= 15 is 0 Å². The Balaban J connectivity index is 1.61. The molecule has 4 rings (SSSR count). The van der Waals surface area contributed by atoms with Crippen molar-refractivity contribution in [2.75, 3.05) is 10.8 Å². The fraction of sp³-hybridized carbons (Fsp3) is 0.154. The first-order valence-electron chi connectivity index (χ1n) is 11.0. The summed E-state index contributed by atoms with van der Waals surface area (Å²) in [7, 11) is -4.02. The molecule has 0 bridgehead atoms. The quantitative estimate of drug-likeness (QED) is 0.375. The van der Waals surface area contributed by atoms with E-state index in [0.717, 1.165) is 21.4 Å². The summed E-state index contributed by atoms with van der Waals surface area (Å²) < 4.78 is 30.1. The second-order valence-electron chi connectivity index (χ2n) is 7.96. The number of sulfonamides is 1. The minimum Gasteiger partial charge on any atom is -0.350 e. The summed E-state index contributed by atoms with van der Waals surface area (Å²) in [5.74, 6) is 0.376. The molecule has 0 saturated carbocycles. The molecule has 0 spiro atoms. The molecule has 0 unspecified atom stereocenters. The van der Waals surface area contributed by atoms with E-state index in [9.17, 15) is 13.2 Å². The zero-order chi connectivity index (χ0) is 25.0. The Labute approximate surface area is 210 Å². The highest BCUT2D eigenvalue weighted by Crippen LogP contribution is 2.30. The van der Waals surface area contributed by atoms with Crippen molar-refractivity contribution in [3.8, 4) is 5.69 Å². The number of amides is 1. The molecule has 4 aromatic rings. The average molecular weight is 509 g/mol. The minimum absolute atomic E-state index is 0.0908. The molecule has 0 fully saturated rings. The molecule has 0 saturated heterocycles. The van der Waals surface area contributed by atoms with Gasteiger partial charge in [0.15, 0.2) is 0 Å². The predicted octanol–water partition coefficient (Wildman–Crippen LogP) is 4.65. The van der Waals surface area contributed by atoms with Gasteiger partial charge >= 0.3 is 0 Å². The number of imidazole rings is 1. The van der Waals surface area contributed by atoms with Crippen LogP contribution in [0.4, 0.5) is 5.69 Å². The standard InChI is InChI=1S/C26H25ClN4O3S/c1-19-23(27)12-8-14-24(19)31(35(33,34)22-10-4-3-5-11-22)18-26(32)29-17-21-9-6-7-13-25(21)30-16-15-28-20(30)2/h3-16H,17-18H2,1-2H3,(H,29,32). The van der Waals surface area contributed by atoms with Gasteiger partial charge in [0.05, 0.1) is 16.3 Å². The molecule has 9 heteroatoms. The second kappa shape index (κ2) is 10.3. The van der Waals surface area contributed by atoms with Crippen LogP contribution in [0, 0.1) is 13.8 Å². The molecule has 0 aliphatic heterocycles. The number of halogens is 1. The maximum absolute atomic E-state index is 13.5. The molecule has 0 radical (unpaired) electrons. The molecule has 1 N–H and O–H groups in total. The van der Waals surface area contributed by atoms with Gasteiger partial charge in [-0.3, -0.25) is 9.10 Å². The van der Waals surface area contributed by atoms with Gasteiger partial charge in [-0.1, -0.05) is 54.1 Å². The van der Waals surface area contributed by atoms with Gasteiger partial charge in [0.1, 0.15) is 12.4 Å². The monoisotopic (exact) mass is 508 g/mol. The molecule has 0 aliphatic rings. The molecule has 0 aliphatic carbocycles. The molecule has 1 heterocycles. The number of hydrogen-bond acceptors (Lipinski definition) is 4. The van der Waals surface area contributed by atoms with E-state index in [1.165, 1.54) is 12.1 Å². The minimum atomic E-state index is -4.02. The van der Waals surface area contributed by atoms with Crippen LogP contribution in [-0.2, 0) is 21.4 Å². The van der Waals surface area contributed by atoms with Crippen LogP contribution < -0.4 is 9.62 Å². The van der Waals surface area contributed by atoms with Crippen molar-refractivity contribution >= 4 is 33.2 Å². The first-order valence-corrected chi connectivity index (χ1v) is 12.8. The predicted molar refractivity (Wildman–Crippen MR) is 137 cm³/mol. The third-order valence-electron chi connectivity index (χ3n) is 5.68. The smallest absolute Gasteiger partial charge is 0.264 e. The van der Waals surface area contributed by atoms with Gasteiger partial charge in [0, 0.05) is 24.0 Å².